The highest BCUT2D eigenvalue weighted by atomic mass is 32.2. The molecule has 1 amide bonds. The van der Waals surface area contributed by atoms with E-state index in [0.717, 1.165) is 28.7 Å². The molecule has 44 heavy (non-hydrogen) atoms. The fraction of sp³-hybridized carbons (Fsp3) is 0.194. The van der Waals surface area contributed by atoms with Crippen LogP contribution in [0.2, 0.25) is 0 Å². The highest BCUT2D eigenvalue weighted by Gasteiger charge is 2.32. The van der Waals surface area contributed by atoms with Gasteiger partial charge in [-0.1, -0.05) is 78.9 Å². The number of amides is 1. The van der Waals surface area contributed by atoms with Crippen molar-refractivity contribution in [1.29, 1.82) is 0 Å². The van der Waals surface area contributed by atoms with Gasteiger partial charge < -0.3 is 4.90 Å². The molecule has 1 fully saturated rings. The van der Waals surface area contributed by atoms with Gasteiger partial charge in [-0.05, 0) is 77.6 Å². The number of benzene rings is 4. The number of halogens is 1. The molecule has 0 saturated carbocycles. The number of sulfonamides is 1. The third-order valence-electron chi connectivity index (χ3n) is 8.16. The summed E-state index contributed by atoms with van der Waals surface area (Å²) in [7, 11) is -3.85. The SMILES string of the molecule is O=C(c1ccc(NS(=O)(=O)c2cccc3c2CC/C=C\C=C3)cc1)N1CCN(Cc2ccc(F)cc2)C[C@@H]1c1ccccc1. The summed E-state index contributed by atoms with van der Waals surface area (Å²) in [6, 6.07) is 28.3. The zero-order valence-electron chi connectivity index (χ0n) is 24.3. The second-order valence-electron chi connectivity index (χ2n) is 11.1. The number of carbonyl (C=O) groups is 1. The van der Waals surface area contributed by atoms with Crippen LogP contribution in [0.15, 0.2) is 120 Å². The molecule has 4 aromatic carbocycles. The van der Waals surface area contributed by atoms with E-state index in [1.54, 1.807) is 48.5 Å². The summed E-state index contributed by atoms with van der Waals surface area (Å²) in [5.41, 5.74) is 4.62. The van der Waals surface area contributed by atoms with Crippen molar-refractivity contribution in [2.45, 2.75) is 30.3 Å². The van der Waals surface area contributed by atoms with Crippen molar-refractivity contribution in [3.63, 3.8) is 0 Å². The number of allylic oxidation sites excluding steroid dienone is 3. The van der Waals surface area contributed by atoms with E-state index in [4.69, 9.17) is 0 Å². The van der Waals surface area contributed by atoms with Gasteiger partial charge in [-0.3, -0.25) is 14.4 Å². The van der Waals surface area contributed by atoms with Crippen LogP contribution < -0.4 is 4.72 Å². The topological polar surface area (TPSA) is 69.7 Å². The van der Waals surface area contributed by atoms with E-state index in [2.05, 4.69) is 9.62 Å². The van der Waals surface area contributed by atoms with Crippen molar-refractivity contribution in [3.05, 3.63) is 149 Å². The molecule has 1 atom stereocenters. The number of hydrogen-bond donors (Lipinski definition) is 1. The molecule has 0 aromatic heterocycles. The zero-order chi connectivity index (χ0) is 30.5. The first-order chi connectivity index (χ1) is 21.4. The molecular formula is C36H34FN3O3S. The largest absolute Gasteiger partial charge is 0.329 e. The van der Waals surface area contributed by atoms with E-state index >= 15 is 0 Å². The third-order valence-corrected chi connectivity index (χ3v) is 9.62. The minimum atomic E-state index is -3.85. The molecule has 224 valence electrons. The van der Waals surface area contributed by atoms with Crippen molar-refractivity contribution in [1.82, 2.24) is 9.80 Å². The predicted molar refractivity (Wildman–Crippen MR) is 172 cm³/mol. The van der Waals surface area contributed by atoms with Gasteiger partial charge in [0.15, 0.2) is 0 Å². The number of anilines is 1. The summed E-state index contributed by atoms with van der Waals surface area (Å²) >= 11 is 0. The van der Waals surface area contributed by atoms with Crippen LogP contribution in [0.1, 0.15) is 45.1 Å². The summed E-state index contributed by atoms with van der Waals surface area (Å²) in [4.78, 5) is 18.3. The van der Waals surface area contributed by atoms with Crippen LogP contribution in [-0.2, 0) is 23.0 Å². The van der Waals surface area contributed by atoms with Crippen LogP contribution in [0.3, 0.4) is 0 Å². The molecule has 1 saturated heterocycles. The van der Waals surface area contributed by atoms with Gasteiger partial charge in [0.25, 0.3) is 15.9 Å². The maximum Gasteiger partial charge on any atom is 0.262 e. The number of carbonyl (C=O) groups excluding carboxylic acids is 1. The molecule has 1 aliphatic carbocycles. The van der Waals surface area contributed by atoms with Crippen molar-refractivity contribution >= 4 is 27.7 Å². The lowest BCUT2D eigenvalue weighted by atomic mass is 10.0. The Hall–Kier alpha value is -4.53. The lowest BCUT2D eigenvalue weighted by molar-refractivity contribution is 0.0434. The van der Waals surface area contributed by atoms with E-state index in [0.29, 0.717) is 43.9 Å². The van der Waals surface area contributed by atoms with Crippen LogP contribution in [0.5, 0.6) is 0 Å². The molecule has 0 radical (unpaired) electrons. The summed E-state index contributed by atoms with van der Waals surface area (Å²) < 4.78 is 43.1. The van der Waals surface area contributed by atoms with E-state index in [1.165, 1.54) is 12.1 Å². The normalized spacial score (nSPS) is 17.8. The van der Waals surface area contributed by atoms with Gasteiger partial charge in [0, 0.05) is 37.4 Å². The van der Waals surface area contributed by atoms with Gasteiger partial charge in [-0.2, -0.15) is 0 Å². The average Bonchev–Trinajstić information content (AvgIpc) is 3.02. The van der Waals surface area contributed by atoms with E-state index in [-0.39, 0.29) is 22.7 Å². The number of piperazine rings is 1. The summed E-state index contributed by atoms with van der Waals surface area (Å²) in [6.07, 6.45) is 9.23. The number of nitrogens with zero attached hydrogens (tertiary/aromatic N) is 2. The standard InChI is InChI=1S/C36H34FN3O3S/c37-31-19-15-27(16-20-31)25-39-23-24-40(34(26-39)29-10-5-3-6-11-29)36(41)30-17-21-32(22-18-30)38-44(42,43)35-14-8-12-28-9-4-1-2-7-13-33(28)35/h1-6,8-12,14-22,34,38H,7,13,23-26H2/b2-1-,9-4?/t34-/m1/s1. The third kappa shape index (κ3) is 6.67. The summed E-state index contributed by atoms with van der Waals surface area (Å²) in [6.45, 7) is 2.50. The maximum absolute atomic E-state index is 13.8. The quantitative estimate of drug-likeness (QED) is 0.250. The average molecular weight is 608 g/mol. The Labute approximate surface area is 258 Å². The molecule has 1 aliphatic heterocycles. The fourth-order valence-corrected chi connectivity index (χ4v) is 7.27. The van der Waals surface area contributed by atoms with Crippen LogP contribution >= 0.6 is 0 Å². The molecule has 6 rings (SSSR count). The molecule has 0 spiro atoms. The summed E-state index contributed by atoms with van der Waals surface area (Å²) in [5.74, 6) is -0.371. The molecule has 8 heteroatoms. The Morgan fingerprint density at radius 2 is 1.64 bits per heavy atom. The minimum absolute atomic E-state index is 0.112. The maximum atomic E-state index is 13.8. The first-order valence-corrected chi connectivity index (χ1v) is 16.3. The highest BCUT2D eigenvalue weighted by Crippen LogP contribution is 2.30. The van der Waals surface area contributed by atoms with Crippen LogP contribution in [0.25, 0.3) is 6.08 Å². The van der Waals surface area contributed by atoms with Crippen LogP contribution in [0.4, 0.5) is 10.1 Å². The highest BCUT2D eigenvalue weighted by molar-refractivity contribution is 7.92. The molecule has 2 aliphatic rings. The fourth-order valence-electron chi connectivity index (χ4n) is 5.91. The van der Waals surface area contributed by atoms with Crippen molar-refractivity contribution in [2.24, 2.45) is 0 Å². The van der Waals surface area contributed by atoms with Gasteiger partial charge >= 0.3 is 0 Å². The number of nitrogens with one attached hydrogen (secondary N) is 1. The second-order valence-corrected chi connectivity index (χ2v) is 12.8. The van der Waals surface area contributed by atoms with E-state index in [9.17, 15) is 17.6 Å². The van der Waals surface area contributed by atoms with Crippen LogP contribution in [-0.4, -0.2) is 43.8 Å². The Balaban J connectivity index is 1.19. The van der Waals surface area contributed by atoms with Gasteiger partial charge in [0.1, 0.15) is 5.82 Å². The smallest absolute Gasteiger partial charge is 0.262 e. The Kier molecular flexibility index (Phi) is 8.72. The van der Waals surface area contributed by atoms with E-state index in [1.807, 2.05) is 65.6 Å². The van der Waals surface area contributed by atoms with Gasteiger partial charge in [-0.25, -0.2) is 12.8 Å². The monoisotopic (exact) mass is 607 g/mol. The Bertz CT molecular complexity index is 1790. The van der Waals surface area contributed by atoms with E-state index < -0.39 is 10.0 Å². The predicted octanol–water partition coefficient (Wildman–Crippen LogP) is 6.84. The molecule has 0 bridgehead atoms. The molecule has 1 heterocycles. The molecular weight excluding hydrogens is 573 g/mol. The van der Waals surface area contributed by atoms with Gasteiger partial charge in [0.2, 0.25) is 0 Å². The van der Waals surface area contributed by atoms with Crippen LogP contribution in [0, 0.1) is 5.82 Å². The number of hydrogen-bond acceptors (Lipinski definition) is 4. The first kappa shape index (κ1) is 29.5. The van der Waals surface area contributed by atoms with Crippen molar-refractivity contribution in [3.8, 4) is 0 Å². The molecule has 1 N–H and O–H groups in total. The second kappa shape index (κ2) is 13.0. The van der Waals surface area contributed by atoms with Gasteiger partial charge in [0.05, 0.1) is 10.9 Å². The van der Waals surface area contributed by atoms with Gasteiger partial charge in [-0.15, -0.1) is 0 Å². The van der Waals surface area contributed by atoms with Crippen molar-refractivity contribution < 1.29 is 17.6 Å². The van der Waals surface area contributed by atoms with Crippen molar-refractivity contribution in [2.75, 3.05) is 24.4 Å². The Morgan fingerprint density at radius 1 is 0.864 bits per heavy atom. The molecule has 4 aromatic rings. The first-order valence-electron chi connectivity index (χ1n) is 14.8. The summed E-state index contributed by atoms with van der Waals surface area (Å²) in [5, 5.41) is 0. The Morgan fingerprint density at radius 3 is 2.41 bits per heavy atom. The zero-order valence-corrected chi connectivity index (χ0v) is 25.1. The number of fused-ring (bicyclic) bond motifs is 1. The molecule has 0 unspecified atom stereocenters. The number of rotatable bonds is 7. The lowest BCUT2D eigenvalue weighted by Gasteiger charge is -2.42. The molecule has 6 nitrogen and oxygen atoms in total. The lowest BCUT2D eigenvalue weighted by Crippen LogP contribution is -2.50. The minimum Gasteiger partial charge on any atom is -0.329 e.